The minimum atomic E-state index is -2.87. The van der Waals surface area contributed by atoms with Crippen LogP contribution in [0.15, 0.2) is 30.3 Å². The van der Waals surface area contributed by atoms with Crippen molar-refractivity contribution in [1.29, 1.82) is 0 Å². The van der Waals surface area contributed by atoms with Gasteiger partial charge in [-0.15, -0.1) is 0 Å². The van der Waals surface area contributed by atoms with Gasteiger partial charge in [0.15, 0.2) is 11.6 Å². The van der Waals surface area contributed by atoms with Crippen LogP contribution in [0.3, 0.4) is 0 Å². The van der Waals surface area contributed by atoms with Crippen molar-refractivity contribution >= 4 is 40.5 Å². The van der Waals surface area contributed by atoms with Crippen molar-refractivity contribution in [2.45, 2.75) is 6.61 Å². The summed E-state index contributed by atoms with van der Waals surface area (Å²) in [6.45, 7) is -2.87. The van der Waals surface area contributed by atoms with E-state index in [-0.39, 0.29) is 21.6 Å². The zero-order valence-corrected chi connectivity index (χ0v) is 11.9. The summed E-state index contributed by atoms with van der Waals surface area (Å²) in [6.07, 6.45) is 0. The lowest BCUT2D eigenvalue weighted by Crippen LogP contribution is -2.10. The summed E-state index contributed by atoms with van der Waals surface area (Å²) in [5, 5.41) is 3.47. The SMILES string of the molecule is NNc1nc(Nc2ccc(OC(F)F)cc2)c(Cl)cc1Cl. The van der Waals surface area contributed by atoms with Crippen LogP contribution in [0.2, 0.25) is 10.0 Å². The van der Waals surface area contributed by atoms with Gasteiger partial charge < -0.3 is 15.5 Å². The fourth-order valence-electron chi connectivity index (χ4n) is 1.51. The molecule has 0 unspecified atom stereocenters. The first-order valence-electron chi connectivity index (χ1n) is 5.64. The first-order chi connectivity index (χ1) is 9.99. The highest BCUT2D eigenvalue weighted by Crippen LogP contribution is 2.31. The van der Waals surface area contributed by atoms with E-state index in [9.17, 15) is 8.78 Å². The van der Waals surface area contributed by atoms with Crippen molar-refractivity contribution < 1.29 is 13.5 Å². The number of nitrogens with one attached hydrogen (secondary N) is 2. The number of ether oxygens (including phenoxy) is 1. The average molecular weight is 335 g/mol. The van der Waals surface area contributed by atoms with Gasteiger partial charge in [-0.25, -0.2) is 10.8 Å². The standard InChI is InChI=1S/C12H10Cl2F2N4O/c13-8-5-9(14)11(20-17)19-10(8)18-6-1-3-7(4-2-6)21-12(15)16/h1-5,12H,17H2,(H2,18,19,20). The predicted molar refractivity (Wildman–Crippen MR) is 78.4 cm³/mol. The summed E-state index contributed by atoms with van der Waals surface area (Å²) < 4.78 is 28.3. The summed E-state index contributed by atoms with van der Waals surface area (Å²) in [6, 6.07) is 7.34. The molecule has 112 valence electrons. The highest BCUT2D eigenvalue weighted by Gasteiger charge is 2.09. The summed E-state index contributed by atoms with van der Waals surface area (Å²) in [5.74, 6) is 5.89. The van der Waals surface area contributed by atoms with Gasteiger partial charge >= 0.3 is 6.61 Å². The van der Waals surface area contributed by atoms with E-state index in [1.54, 1.807) is 12.1 Å². The van der Waals surface area contributed by atoms with Crippen LogP contribution in [-0.4, -0.2) is 11.6 Å². The van der Waals surface area contributed by atoms with Crippen LogP contribution >= 0.6 is 23.2 Å². The van der Waals surface area contributed by atoms with Crippen molar-refractivity contribution in [2.75, 3.05) is 10.7 Å². The monoisotopic (exact) mass is 334 g/mol. The van der Waals surface area contributed by atoms with Crippen LogP contribution in [0.5, 0.6) is 5.75 Å². The molecule has 5 nitrogen and oxygen atoms in total. The number of rotatable bonds is 5. The normalized spacial score (nSPS) is 10.6. The van der Waals surface area contributed by atoms with Gasteiger partial charge in [0.2, 0.25) is 0 Å². The molecule has 0 bridgehead atoms. The molecule has 0 amide bonds. The molecule has 0 atom stereocenters. The maximum absolute atomic E-state index is 12.0. The van der Waals surface area contributed by atoms with E-state index in [0.29, 0.717) is 11.5 Å². The van der Waals surface area contributed by atoms with E-state index in [1.807, 2.05) is 0 Å². The average Bonchev–Trinajstić information content (AvgIpc) is 2.43. The van der Waals surface area contributed by atoms with Crippen LogP contribution < -0.4 is 21.3 Å². The van der Waals surface area contributed by atoms with E-state index < -0.39 is 6.61 Å². The van der Waals surface area contributed by atoms with Crippen LogP contribution in [0.1, 0.15) is 0 Å². The third-order valence-corrected chi connectivity index (χ3v) is 2.98. The number of alkyl halides is 2. The van der Waals surface area contributed by atoms with E-state index in [2.05, 4.69) is 20.5 Å². The van der Waals surface area contributed by atoms with Crippen molar-refractivity contribution in [2.24, 2.45) is 5.84 Å². The highest BCUT2D eigenvalue weighted by molar-refractivity contribution is 6.37. The molecule has 0 saturated heterocycles. The number of nitrogens with zero attached hydrogens (tertiary/aromatic N) is 1. The fraction of sp³-hybridized carbons (Fsp3) is 0.0833. The maximum atomic E-state index is 12.0. The molecule has 0 spiro atoms. The third kappa shape index (κ3) is 4.07. The number of hydrazine groups is 1. The van der Waals surface area contributed by atoms with Crippen molar-refractivity contribution in [3.63, 3.8) is 0 Å². The quantitative estimate of drug-likeness (QED) is 0.569. The van der Waals surface area contributed by atoms with Gasteiger partial charge in [0.05, 0.1) is 10.0 Å². The number of hydrogen-bond acceptors (Lipinski definition) is 5. The highest BCUT2D eigenvalue weighted by atomic mass is 35.5. The van der Waals surface area contributed by atoms with E-state index >= 15 is 0 Å². The molecule has 0 radical (unpaired) electrons. The van der Waals surface area contributed by atoms with E-state index in [0.717, 1.165) is 0 Å². The van der Waals surface area contributed by atoms with Crippen molar-refractivity contribution in [1.82, 2.24) is 4.98 Å². The van der Waals surface area contributed by atoms with Crippen LogP contribution in [0.4, 0.5) is 26.1 Å². The molecule has 1 aromatic carbocycles. The summed E-state index contributed by atoms with van der Waals surface area (Å²) >= 11 is 11.9. The molecule has 0 aliphatic carbocycles. The Morgan fingerprint density at radius 1 is 1.10 bits per heavy atom. The lowest BCUT2D eigenvalue weighted by Gasteiger charge is -2.11. The number of halogens is 4. The zero-order chi connectivity index (χ0) is 15.4. The molecule has 0 saturated carbocycles. The number of nitrogen functional groups attached to an aromatic ring is 1. The van der Waals surface area contributed by atoms with Gasteiger partial charge in [-0.2, -0.15) is 8.78 Å². The summed E-state index contributed by atoms with van der Waals surface area (Å²) in [7, 11) is 0. The maximum Gasteiger partial charge on any atom is 0.387 e. The second kappa shape index (κ2) is 6.75. The molecular formula is C12H10Cl2F2N4O. The molecule has 1 heterocycles. The molecule has 0 aliphatic rings. The first-order valence-corrected chi connectivity index (χ1v) is 6.39. The van der Waals surface area contributed by atoms with Gasteiger partial charge in [0, 0.05) is 5.69 Å². The lowest BCUT2D eigenvalue weighted by molar-refractivity contribution is -0.0498. The predicted octanol–water partition coefficient (Wildman–Crippen LogP) is 4.02. The number of nitrogens with two attached hydrogens (primary N) is 1. The topological polar surface area (TPSA) is 72.2 Å². The Balaban J connectivity index is 2.18. The molecule has 9 heteroatoms. The van der Waals surface area contributed by atoms with Gasteiger partial charge in [-0.3, -0.25) is 0 Å². The van der Waals surface area contributed by atoms with Crippen molar-refractivity contribution in [3.8, 4) is 5.75 Å². The number of anilines is 3. The number of pyridine rings is 1. The Bertz CT molecular complexity index is 625. The van der Waals surface area contributed by atoms with E-state index in [1.165, 1.54) is 18.2 Å². The minimum Gasteiger partial charge on any atom is -0.435 e. The summed E-state index contributed by atoms with van der Waals surface area (Å²) in [5.41, 5.74) is 2.91. The molecule has 0 aliphatic heterocycles. The van der Waals surface area contributed by atoms with Crippen LogP contribution in [0, 0.1) is 0 Å². The molecule has 2 rings (SSSR count). The zero-order valence-electron chi connectivity index (χ0n) is 10.4. The molecule has 21 heavy (non-hydrogen) atoms. The molecule has 2 aromatic rings. The van der Waals surface area contributed by atoms with Gasteiger partial charge in [-0.1, -0.05) is 23.2 Å². The molecular weight excluding hydrogens is 325 g/mol. The number of aromatic nitrogens is 1. The van der Waals surface area contributed by atoms with Crippen LogP contribution in [0.25, 0.3) is 0 Å². The second-order valence-electron chi connectivity index (χ2n) is 3.82. The van der Waals surface area contributed by atoms with Gasteiger partial charge in [0.25, 0.3) is 0 Å². The molecule has 0 fully saturated rings. The summed E-state index contributed by atoms with van der Waals surface area (Å²) in [4.78, 5) is 4.09. The Labute approximate surface area is 129 Å². The number of hydrogen-bond donors (Lipinski definition) is 3. The smallest absolute Gasteiger partial charge is 0.387 e. The largest absolute Gasteiger partial charge is 0.435 e. The number of benzene rings is 1. The van der Waals surface area contributed by atoms with Gasteiger partial charge in [0.1, 0.15) is 5.75 Å². The van der Waals surface area contributed by atoms with Gasteiger partial charge in [-0.05, 0) is 30.3 Å². The molecule has 4 N–H and O–H groups in total. The first kappa shape index (κ1) is 15.6. The Hall–Kier alpha value is -1.83. The Kier molecular flexibility index (Phi) is 5.00. The second-order valence-corrected chi connectivity index (χ2v) is 4.64. The fourth-order valence-corrected chi connectivity index (χ4v) is 1.97. The van der Waals surface area contributed by atoms with E-state index in [4.69, 9.17) is 29.0 Å². The minimum absolute atomic E-state index is 0.0510. The molecule has 1 aromatic heterocycles. The Morgan fingerprint density at radius 2 is 1.71 bits per heavy atom. The Morgan fingerprint density at radius 3 is 2.29 bits per heavy atom. The van der Waals surface area contributed by atoms with Crippen molar-refractivity contribution in [3.05, 3.63) is 40.4 Å². The lowest BCUT2D eigenvalue weighted by atomic mass is 10.3. The third-order valence-electron chi connectivity index (χ3n) is 2.41. The van der Waals surface area contributed by atoms with Crippen LogP contribution in [-0.2, 0) is 0 Å².